The molecule has 1 aromatic rings. The van der Waals surface area contributed by atoms with Crippen LogP contribution >= 0.6 is 11.8 Å². The van der Waals surface area contributed by atoms with E-state index in [2.05, 4.69) is 10.2 Å². The molecule has 0 bridgehead atoms. The number of hydrogen-bond acceptors (Lipinski definition) is 5. The number of thioether (sulfide) groups is 1. The molecule has 1 unspecified atom stereocenters. The number of aromatic nitrogens is 3. The predicted molar refractivity (Wildman–Crippen MR) is 63.1 cm³/mol. The third-order valence-corrected chi connectivity index (χ3v) is 3.98. The van der Waals surface area contributed by atoms with Crippen molar-refractivity contribution in [1.82, 2.24) is 14.8 Å². The Morgan fingerprint density at radius 1 is 1.71 bits per heavy atom. The Morgan fingerprint density at radius 2 is 2.41 bits per heavy atom. The minimum atomic E-state index is -0.312. The lowest BCUT2D eigenvalue weighted by Gasteiger charge is -2.11. The summed E-state index contributed by atoms with van der Waals surface area (Å²) >= 11 is 1.28. The number of carbonyl (C=O) groups is 1. The van der Waals surface area contributed by atoms with Crippen molar-refractivity contribution >= 4 is 17.7 Å². The van der Waals surface area contributed by atoms with Crippen molar-refractivity contribution in [2.45, 2.75) is 42.6 Å². The standard InChI is InChI=1S/C10H15N3O3S/c1-3-7(8(14)16-2)17-10-12-11-9(15)13(10)6-4-5-6/h6-7H,3-5H2,1-2H3,(H,11,15). The van der Waals surface area contributed by atoms with Crippen LogP contribution in [0, 0.1) is 0 Å². The summed E-state index contributed by atoms with van der Waals surface area (Å²) in [4.78, 5) is 23.0. The van der Waals surface area contributed by atoms with E-state index in [1.54, 1.807) is 4.57 Å². The molecule has 0 amide bonds. The molecule has 0 radical (unpaired) electrons. The molecule has 1 atom stereocenters. The van der Waals surface area contributed by atoms with E-state index in [1.165, 1.54) is 18.9 Å². The van der Waals surface area contributed by atoms with E-state index in [1.807, 2.05) is 6.92 Å². The van der Waals surface area contributed by atoms with Crippen molar-refractivity contribution in [3.63, 3.8) is 0 Å². The molecule has 0 spiro atoms. The zero-order valence-electron chi connectivity index (χ0n) is 9.80. The minimum Gasteiger partial charge on any atom is -0.468 e. The summed E-state index contributed by atoms with van der Waals surface area (Å²) in [6.45, 7) is 1.90. The van der Waals surface area contributed by atoms with Gasteiger partial charge in [0.1, 0.15) is 5.25 Å². The van der Waals surface area contributed by atoms with Gasteiger partial charge in [-0.2, -0.15) is 0 Å². The van der Waals surface area contributed by atoms with E-state index >= 15 is 0 Å². The summed E-state index contributed by atoms with van der Waals surface area (Å²) in [5, 5.41) is 6.66. The largest absolute Gasteiger partial charge is 0.468 e. The Hall–Kier alpha value is -1.24. The fraction of sp³-hybridized carbons (Fsp3) is 0.700. The third-order valence-electron chi connectivity index (χ3n) is 2.67. The molecule has 94 valence electrons. The number of ether oxygens (including phenoxy) is 1. The molecule has 1 fully saturated rings. The van der Waals surface area contributed by atoms with Crippen LogP contribution in [0.5, 0.6) is 0 Å². The molecule has 1 aliphatic rings. The Balaban J connectivity index is 2.17. The van der Waals surface area contributed by atoms with Crippen LogP contribution in [0.4, 0.5) is 0 Å². The first kappa shape index (κ1) is 12.2. The van der Waals surface area contributed by atoms with Crippen LogP contribution in [0.1, 0.15) is 32.2 Å². The molecular formula is C10H15N3O3S. The summed E-state index contributed by atoms with van der Waals surface area (Å²) in [6, 6.07) is 0.249. The lowest BCUT2D eigenvalue weighted by Crippen LogP contribution is -2.20. The number of esters is 1. The van der Waals surface area contributed by atoms with Crippen LogP contribution in [-0.2, 0) is 9.53 Å². The number of methoxy groups -OCH3 is 1. The number of aromatic amines is 1. The molecule has 1 saturated carbocycles. The highest BCUT2D eigenvalue weighted by Crippen LogP contribution is 2.37. The van der Waals surface area contributed by atoms with Gasteiger partial charge in [-0.3, -0.25) is 9.36 Å². The van der Waals surface area contributed by atoms with E-state index < -0.39 is 0 Å². The molecule has 1 aromatic heterocycles. The van der Waals surface area contributed by atoms with Crippen LogP contribution in [0.25, 0.3) is 0 Å². The summed E-state index contributed by atoms with van der Waals surface area (Å²) in [5.74, 6) is -0.282. The number of nitrogens with zero attached hydrogens (tertiary/aromatic N) is 2. The highest BCUT2D eigenvalue weighted by Gasteiger charge is 2.30. The van der Waals surface area contributed by atoms with E-state index in [-0.39, 0.29) is 23.0 Å². The highest BCUT2D eigenvalue weighted by atomic mass is 32.2. The van der Waals surface area contributed by atoms with Crippen LogP contribution in [0.15, 0.2) is 9.95 Å². The van der Waals surface area contributed by atoms with Gasteiger partial charge in [-0.15, -0.1) is 5.10 Å². The smallest absolute Gasteiger partial charge is 0.344 e. The Morgan fingerprint density at radius 3 is 2.94 bits per heavy atom. The molecule has 0 saturated heterocycles. The van der Waals surface area contributed by atoms with Crippen molar-refractivity contribution in [3.8, 4) is 0 Å². The Kier molecular flexibility index (Phi) is 3.56. The van der Waals surface area contributed by atoms with Crippen LogP contribution < -0.4 is 5.69 Å². The lowest BCUT2D eigenvalue weighted by atomic mass is 10.3. The number of carbonyl (C=O) groups excluding carboxylic acids is 1. The predicted octanol–water partition coefficient (Wildman–Crippen LogP) is 0.950. The first-order valence-electron chi connectivity index (χ1n) is 5.58. The van der Waals surface area contributed by atoms with Crippen LogP contribution in [-0.4, -0.2) is 33.1 Å². The van der Waals surface area contributed by atoms with Gasteiger partial charge >= 0.3 is 11.7 Å². The van der Waals surface area contributed by atoms with Gasteiger partial charge in [0.25, 0.3) is 0 Å². The minimum absolute atomic E-state index is 0.199. The number of hydrogen-bond donors (Lipinski definition) is 1. The topological polar surface area (TPSA) is 77.0 Å². The molecule has 2 rings (SSSR count). The summed E-state index contributed by atoms with van der Waals surface area (Å²) < 4.78 is 6.35. The lowest BCUT2D eigenvalue weighted by molar-refractivity contribution is -0.140. The second-order valence-electron chi connectivity index (χ2n) is 3.95. The quantitative estimate of drug-likeness (QED) is 0.627. The monoisotopic (exact) mass is 257 g/mol. The average molecular weight is 257 g/mol. The van der Waals surface area contributed by atoms with Gasteiger partial charge in [-0.05, 0) is 19.3 Å². The first-order valence-corrected chi connectivity index (χ1v) is 6.46. The van der Waals surface area contributed by atoms with Gasteiger partial charge < -0.3 is 4.74 Å². The summed E-state index contributed by atoms with van der Waals surface area (Å²) in [6.07, 6.45) is 2.65. The maximum Gasteiger partial charge on any atom is 0.344 e. The zero-order chi connectivity index (χ0) is 12.4. The second kappa shape index (κ2) is 4.95. The third kappa shape index (κ3) is 2.54. The van der Waals surface area contributed by atoms with E-state index in [0.29, 0.717) is 11.6 Å². The second-order valence-corrected chi connectivity index (χ2v) is 5.12. The zero-order valence-corrected chi connectivity index (χ0v) is 10.6. The van der Waals surface area contributed by atoms with Crippen molar-refractivity contribution < 1.29 is 9.53 Å². The molecule has 1 N–H and O–H groups in total. The average Bonchev–Trinajstić information content (AvgIpc) is 3.10. The maximum absolute atomic E-state index is 11.5. The molecule has 0 aliphatic heterocycles. The number of rotatable bonds is 5. The summed E-state index contributed by atoms with van der Waals surface area (Å²) in [7, 11) is 1.37. The van der Waals surface area contributed by atoms with E-state index in [9.17, 15) is 9.59 Å². The van der Waals surface area contributed by atoms with E-state index in [0.717, 1.165) is 12.8 Å². The fourth-order valence-corrected chi connectivity index (χ4v) is 2.64. The van der Waals surface area contributed by atoms with Gasteiger partial charge in [-0.25, -0.2) is 9.89 Å². The van der Waals surface area contributed by atoms with Crippen LogP contribution in [0.3, 0.4) is 0 Å². The first-order chi connectivity index (χ1) is 8.17. The van der Waals surface area contributed by atoms with Crippen molar-refractivity contribution in [1.29, 1.82) is 0 Å². The maximum atomic E-state index is 11.5. The number of H-pyrrole nitrogens is 1. The van der Waals surface area contributed by atoms with Gasteiger partial charge in [0, 0.05) is 6.04 Å². The normalized spacial score (nSPS) is 16.8. The molecule has 1 heterocycles. The molecule has 0 aromatic carbocycles. The Labute approximate surface area is 103 Å². The molecule has 1 aliphatic carbocycles. The summed E-state index contributed by atoms with van der Waals surface area (Å²) in [5.41, 5.74) is -0.199. The molecular weight excluding hydrogens is 242 g/mol. The van der Waals surface area contributed by atoms with Gasteiger partial charge in [0.05, 0.1) is 7.11 Å². The van der Waals surface area contributed by atoms with Crippen LogP contribution in [0.2, 0.25) is 0 Å². The molecule has 17 heavy (non-hydrogen) atoms. The molecule has 6 nitrogen and oxygen atoms in total. The van der Waals surface area contributed by atoms with E-state index in [4.69, 9.17) is 4.74 Å². The van der Waals surface area contributed by atoms with Gasteiger partial charge in [0.15, 0.2) is 5.16 Å². The highest BCUT2D eigenvalue weighted by molar-refractivity contribution is 8.00. The molecule has 7 heteroatoms. The van der Waals surface area contributed by atoms with Gasteiger partial charge in [0.2, 0.25) is 0 Å². The SMILES string of the molecule is CCC(Sc1n[nH]c(=O)n1C1CC1)C(=O)OC. The number of nitrogens with one attached hydrogen (secondary N) is 1. The fourth-order valence-electron chi connectivity index (χ4n) is 1.58. The van der Waals surface area contributed by atoms with Crippen molar-refractivity contribution in [2.75, 3.05) is 7.11 Å². The van der Waals surface area contributed by atoms with Gasteiger partial charge in [-0.1, -0.05) is 18.7 Å². The van der Waals surface area contributed by atoms with Crippen molar-refractivity contribution in [2.24, 2.45) is 0 Å². The Bertz CT molecular complexity index is 464. The van der Waals surface area contributed by atoms with Crippen molar-refractivity contribution in [3.05, 3.63) is 10.5 Å².